The molecule has 0 radical (unpaired) electrons. The molecule has 5 aromatic rings. The zero-order valence-electron chi connectivity index (χ0n) is 36.9. The smallest absolute Gasteiger partial charge is 0.407 e. The van der Waals surface area contributed by atoms with Crippen LogP contribution in [-0.2, 0) is 14.3 Å². The highest BCUT2D eigenvalue weighted by atomic mass is 16.5. The van der Waals surface area contributed by atoms with Gasteiger partial charge in [0.15, 0.2) is 0 Å². The Morgan fingerprint density at radius 2 is 1.39 bits per heavy atom. The van der Waals surface area contributed by atoms with E-state index in [0.717, 1.165) is 89.6 Å². The van der Waals surface area contributed by atoms with Gasteiger partial charge in [-0.2, -0.15) is 0 Å². The molecule has 2 aliphatic rings. The van der Waals surface area contributed by atoms with E-state index in [4.69, 9.17) is 14.7 Å². The molecule has 12 heteroatoms. The van der Waals surface area contributed by atoms with Gasteiger partial charge in [-0.05, 0) is 92.3 Å². The molecule has 2 aromatic heterocycles. The van der Waals surface area contributed by atoms with Gasteiger partial charge in [0, 0.05) is 12.1 Å². The number of hydrogen-bond acceptors (Lipinski definition) is 7. The van der Waals surface area contributed by atoms with Crippen molar-refractivity contribution in [2.45, 2.75) is 110 Å². The summed E-state index contributed by atoms with van der Waals surface area (Å²) < 4.78 is 4.83. The Hall–Kier alpha value is -5.75. The van der Waals surface area contributed by atoms with Crippen molar-refractivity contribution in [1.29, 1.82) is 0 Å². The van der Waals surface area contributed by atoms with Crippen LogP contribution in [0.3, 0.4) is 0 Å². The summed E-state index contributed by atoms with van der Waals surface area (Å²) in [6.07, 6.45) is 6.88. The number of carbonyl (C=O) groups is 3. The molecule has 1 saturated heterocycles. The summed E-state index contributed by atoms with van der Waals surface area (Å²) in [5, 5.41) is 2.77. The minimum atomic E-state index is -0.676. The molecular weight excluding hydrogens is 765 g/mol. The minimum Gasteiger partial charge on any atom is -0.453 e. The van der Waals surface area contributed by atoms with E-state index in [1.54, 1.807) is 0 Å². The van der Waals surface area contributed by atoms with E-state index in [2.05, 4.69) is 115 Å². The first-order valence-electron chi connectivity index (χ1n) is 22.1. The molecule has 322 valence electrons. The molecule has 7 rings (SSSR count). The van der Waals surface area contributed by atoms with Crippen molar-refractivity contribution < 1.29 is 19.1 Å². The number of ether oxygens (including phenoxy) is 1. The number of alkyl carbamates (subject to hydrolysis) is 1. The van der Waals surface area contributed by atoms with Crippen molar-refractivity contribution in [1.82, 2.24) is 40.0 Å². The fourth-order valence-electron chi connectivity index (χ4n) is 9.52. The predicted molar refractivity (Wildman–Crippen MR) is 239 cm³/mol. The van der Waals surface area contributed by atoms with E-state index >= 15 is 0 Å². The number of likely N-dealkylation sites (tertiary alicyclic amines) is 1. The molecule has 1 aliphatic carbocycles. The van der Waals surface area contributed by atoms with Crippen molar-refractivity contribution in [3.05, 3.63) is 108 Å². The SMILES string of the molecule is CC[C@H](C)N(C(=O)[C@@H](c1ccccc1)N(CC)CC)[C@@H](C)c1ncc(-c2ccc(-c3ccc(-c4cnc([C@@H]5[C@H]6CC[C@H](C6)N5C(=O)[C@@H](NC(=O)OC)C(C)C)[nH]4)cc3)cc2)[nH]1. The van der Waals surface area contributed by atoms with Gasteiger partial charge in [0.25, 0.3) is 0 Å². The molecule has 3 amide bonds. The Morgan fingerprint density at radius 1 is 0.803 bits per heavy atom. The Kier molecular flexibility index (Phi) is 13.4. The summed E-state index contributed by atoms with van der Waals surface area (Å²) in [6.45, 7) is 15.9. The molecule has 1 aliphatic heterocycles. The fraction of sp³-hybridized carbons (Fsp3) is 0.449. The van der Waals surface area contributed by atoms with Crippen molar-refractivity contribution >= 4 is 17.9 Å². The number of imidazole rings is 2. The van der Waals surface area contributed by atoms with Crippen LogP contribution in [0.4, 0.5) is 4.79 Å². The van der Waals surface area contributed by atoms with Crippen LogP contribution in [0.15, 0.2) is 91.3 Å². The van der Waals surface area contributed by atoms with Crippen LogP contribution >= 0.6 is 0 Å². The number of likely N-dealkylation sites (N-methyl/N-ethyl adjacent to an activating group) is 1. The number of methoxy groups -OCH3 is 1. The number of aromatic amines is 2. The number of H-pyrrole nitrogens is 2. The van der Waals surface area contributed by atoms with Crippen LogP contribution in [0.1, 0.15) is 109 Å². The zero-order valence-corrected chi connectivity index (χ0v) is 36.9. The van der Waals surface area contributed by atoms with E-state index in [9.17, 15) is 14.4 Å². The lowest BCUT2D eigenvalue weighted by Crippen LogP contribution is -2.54. The molecule has 0 unspecified atom stereocenters. The number of carbonyl (C=O) groups excluding carboxylic acids is 3. The van der Waals surface area contributed by atoms with Gasteiger partial charge < -0.3 is 29.8 Å². The Bertz CT molecular complexity index is 2250. The number of amides is 3. The van der Waals surface area contributed by atoms with Gasteiger partial charge in [-0.15, -0.1) is 0 Å². The lowest BCUT2D eigenvalue weighted by Gasteiger charge is -2.39. The molecule has 3 aromatic carbocycles. The third-order valence-corrected chi connectivity index (χ3v) is 13.1. The number of rotatable bonds is 16. The first-order chi connectivity index (χ1) is 29.5. The molecule has 2 fully saturated rings. The lowest BCUT2D eigenvalue weighted by molar-refractivity contribution is -0.142. The average molecular weight is 827 g/mol. The summed E-state index contributed by atoms with van der Waals surface area (Å²) in [5.41, 5.74) is 6.97. The van der Waals surface area contributed by atoms with Gasteiger partial charge in [0.05, 0.1) is 43.0 Å². The number of nitrogens with zero attached hydrogens (tertiary/aromatic N) is 5. The second-order valence-corrected chi connectivity index (χ2v) is 17.0. The number of fused-ring (bicyclic) bond motifs is 2. The van der Waals surface area contributed by atoms with E-state index < -0.39 is 12.1 Å². The number of benzene rings is 3. The fourth-order valence-corrected chi connectivity index (χ4v) is 9.52. The highest BCUT2D eigenvalue weighted by Crippen LogP contribution is 2.50. The third kappa shape index (κ3) is 8.87. The molecule has 2 bridgehead atoms. The molecule has 7 atom stereocenters. The van der Waals surface area contributed by atoms with Crippen LogP contribution in [0.2, 0.25) is 0 Å². The van der Waals surface area contributed by atoms with Crippen LogP contribution < -0.4 is 5.32 Å². The van der Waals surface area contributed by atoms with Crippen molar-refractivity contribution in [3.63, 3.8) is 0 Å². The van der Waals surface area contributed by atoms with Gasteiger partial charge >= 0.3 is 6.09 Å². The number of aromatic nitrogens is 4. The van der Waals surface area contributed by atoms with Gasteiger partial charge in [-0.25, -0.2) is 14.8 Å². The number of hydrogen-bond donors (Lipinski definition) is 3. The highest BCUT2D eigenvalue weighted by Gasteiger charge is 2.51. The van der Waals surface area contributed by atoms with E-state index in [1.165, 1.54) is 7.11 Å². The molecule has 3 N–H and O–H groups in total. The summed E-state index contributed by atoms with van der Waals surface area (Å²) in [5.74, 6) is 1.76. The maximum Gasteiger partial charge on any atom is 0.407 e. The first-order valence-corrected chi connectivity index (χ1v) is 22.1. The highest BCUT2D eigenvalue weighted by molar-refractivity contribution is 5.87. The lowest BCUT2D eigenvalue weighted by atomic mass is 9.95. The summed E-state index contributed by atoms with van der Waals surface area (Å²) in [4.78, 5) is 63.6. The Balaban J connectivity index is 1.05. The maximum atomic E-state index is 14.6. The number of piperidine rings is 1. The topological polar surface area (TPSA) is 140 Å². The molecular formula is C49H62N8O4. The molecule has 61 heavy (non-hydrogen) atoms. The van der Waals surface area contributed by atoms with Crippen LogP contribution in [0.25, 0.3) is 33.6 Å². The van der Waals surface area contributed by atoms with Gasteiger partial charge in [-0.3, -0.25) is 14.5 Å². The van der Waals surface area contributed by atoms with E-state index in [1.807, 2.05) is 54.2 Å². The normalized spacial score (nSPS) is 19.2. The largest absolute Gasteiger partial charge is 0.453 e. The van der Waals surface area contributed by atoms with Gasteiger partial charge in [0.2, 0.25) is 11.8 Å². The zero-order chi connectivity index (χ0) is 43.4. The average Bonchev–Trinajstić information content (AvgIpc) is 4.13. The Morgan fingerprint density at radius 3 is 1.97 bits per heavy atom. The maximum absolute atomic E-state index is 14.6. The standard InChI is InChI=1S/C49H62N8O4/c1-9-31(6)56(48(59)44(55(10-2)11-3)37-15-13-12-14-16-37)32(7)45-50-28-40(52-45)35-21-17-33(18-22-35)34-19-23-36(24-20-34)41-29-51-46(53-41)43-38-25-26-39(27-38)57(43)47(58)42(30(4)5)54-49(60)61-8/h12-24,28-32,38-39,42-44H,9-11,25-27H2,1-8H3,(H,50,52)(H,51,53)(H,54,60)/t31-,32-,38-,39+,42-,43-,44+/m0/s1. The summed E-state index contributed by atoms with van der Waals surface area (Å²) >= 11 is 0. The van der Waals surface area contributed by atoms with Crippen LogP contribution in [0, 0.1) is 11.8 Å². The summed E-state index contributed by atoms with van der Waals surface area (Å²) in [6, 6.07) is 25.6. The van der Waals surface area contributed by atoms with E-state index in [0.29, 0.717) is 5.92 Å². The second kappa shape index (κ2) is 18.9. The molecule has 1 saturated carbocycles. The predicted octanol–water partition coefficient (Wildman–Crippen LogP) is 9.34. The third-order valence-electron chi connectivity index (χ3n) is 13.1. The molecule has 0 spiro atoms. The molecule has 12 nitrogen and oxygen atoms in total. The minimum absolute atomic E-state index is 0.0167. The van der Waals surface area contributed by atoms with Gasteiger partial charge in [0.1, 0.15) is 23.7 Å². The van der Waals surface area contributed by atoms with Crippen molar-refractivity contribution in [2.24, 2.45) is 11.8 Å². The van der Waals surface area contributed by atoms with E-state index in [-0.39, 0.29) is 47.9 Å². The summed E-state index contributed by atoms with van der Waals surface area (Å²) in [7, 11) is 1.31. The Labute approximate surface area is 360 Å². The quantitative estimate of drug-likeness (QED) is 0.0901. The monoisotopic (exact) mass is 826 g/mol. The van der Waals surface area contributed by atoms with Crippen molar-refractivity contribution in [2.75, 3.05) is 20.2 Å². The second-order valence-electron chi connectivity index (χ2n) is 17.0. The van der Waals surface area contributed by atoms with Crippen LogP contribution in [0.5, 0.6) is 0 Å². The first kappa shape index (κ1) is 43.3. The number of nitrogens with one attached hydrogen (secondary N) is 3. The molecule has 3 heterocycles. The van der Waals surface area contributed by atoms with Gasteiger partial charge in [-0.1, -0.05) is 113 Å². The van der Waals surface area contributed by atoms with Crippen molar-refractivity contribution in [3.8, 4) is 33.6 Å². The van der Waals surface area contributed by atoms with Crippen LogP contribution in [-0.4, -0.2) is 90.9 Å².